The molecule has 2 N–H and O–H groups in total. The summed E-state index contributed by atoms with van der Waals surface area (Å²) in [6.45, 7) is 4.38. The molecule has 0 saturated carbocycles. The van der Waals surface area contributed by atoms with Gasteiger partial charge in [-0.1, -0.05) is 0 Å². The minimum absolute atomic E-state index is 0.122. The number of aryl methyl sites for hydroxylation is 1. The van der Waals surface area contributed by atoms with Gasteiger partial charge in [0.2, 0.25) is 0 Å². The molecular formula is C14H19FN2O. The van der Waals surface area contributed by atoms with Crippen molar-refractivity contribution in [2.75, 3.05) is 19.6 Å². The number of halogens is 1. The lowest BCUT2D eigenvalue weighted by Gasteiger charge is -2.22. The van der Waals surface area contributed by atoms with Gasteiger partial charge in [-0.2, -0.15) is 0 Å². The number of nitrogens with one attached hydrogen (secondary N) is 2. The third-order valence-electron chi connectivity index (χ3n) is 3.37. The molecule has 2 rings (SSSR count). The molecule has 1 fully saturated rings. The normalized spacial score (nSPS) is 19.6. The van der Waals surface area contributed by atoms with Crippen LogP contribution in [0, 0.1) is 18.7 Å². The first-order chi connectivity index (χ1) is 8.66. The molecule has 3 nitrogen and oxygen atoms in total. The van der Waals surface area contributed by atoms with Gasteiger partial charge in [-0.3, -0.25) is 4.79 Å². The van der Waals surface area contributed by atoms with E-state index in [0.717, 1.165) is 25.9 Å². The van der Waals surface area contributed by atoms with Crippen LogP contribution in [0.25, 0.3) is 0 Å². The Labute approximate surface area is 107 Å². The summed E-state index contributed by atoms with van der Waals surface area (Å²) < 4.78 is 13.1. The summed E-state index contributed by atoms with van der Waals surface area (Å²) in [5.41, 5.74) is 1.03. The first kappa shape index (κ1) is 13.0. The van der Waals surface area contributed by atoms with E-state index in [1.54, 1.807) is 13.0 Å². The van der Waals surface area contributed by atoms with Gasteiger partial charge in [0.25, 0.3) is 5.91 Å². The van der Waals surface area contributed by atoms with E-state index in [0.29, 0.717) is 23.6 Å². The average molecular weight is 250 g/mol. The Morgan fingerprint density at radius 3 is 3.06 bits per heavy atom. The van der Waals surface area contributed by atoms with Gasteiger partial charge >= 0.3 is 0 Å². The minimum Gasteiger partial charge on any atom is -0.352 e. The van der Waals surface area contributed by atoms with Crippen molar-refractivity contribution in [2.24, 2.45) is 5.92 Å². The van der Waals surface area contributed by atoms with Crippen LogP contribution in [0.15, 0.2) is 18.2 Å². The fourth-order valence-electron chi connectivity index (χ4n) is 2.22. The molecule has 0 radical (unpaired) electrons. The molecule has 18 heavy (non-hydrogen) atoms. The molecule has 4 heteroatoms. The van der Waals surface area contributed by atoms with Crippen LogP contribution in [0.5, 0.6) is 0 Å². The van der Waals surface area contributed by atoms with Crippen LogP contribution in [-0.2, 0) is 0 Å². The molecule has 1 aromatic rings. The summed E-state index contributed by atoms with van der Waals surface area (Å²) in [5.74, 6) is 0.107. The van der Waals surface area contributed by atoms with Crippen LogP contribution in [0.3, 0.4) is 0 Å². The summed E-state index contributed by atoms with van der Waals surface area (Å²) >= 11 is 0. The summed E-state index contributed by atoms with van der Waals surface area (Å²) in [6, 6.07) is 4.45. The van der Waals surface area contributed by atoms with Gasteiger partial charge in [-0.05, 0) is 62.5 Å². The maximum Gasteiger partial charge on any atom is 0.251 e. The zero-order valence-corrected chi connectivity index (χ0v) is 10.6. The van der Waals surface area contributed by atoms with Gasteiger partial charge in [-0.25, -0.2) is 4.39 Å². The molecule has 1 aliphatic rings. The SMILES string of the molecule is Cc1cc(C(=O)NCC2CCCNC2)ccc1F. The highest BCUT2D eigenvalue weighted by molar-refractivity contribution is 5.94. The van der Waals surface area contributed by atoms with Gasteiger partial charge in [0.15, 0.2) is 0 Å². The lowest BCUT2D eigenvalue weighted by Crippen LogP contribution is -2.38. The van der Waals surface area contributed by atoms with E-state index in [9.17, 15) is 9.18 Å². The van der Waals surface area contributed by atoms with E-state index >= 15 is 0 Å². The van der Waals surface area contributed by atoms with Gasteiger partial charge in [-0.15, -0.1) is 0 Å². The summed E-state index contributed by atoms with van der Waals surface area (Å²) in [7, 11) is 0. The lowest BCUT2D eigenvalue weighted by atomic mass is 9.99. The number of hydrogen-bond donors (Lipinski definition) is 2. The van der Waals surface area contributed by atoms with Crippen molar-refractivity contribution >= 4 is 5.91 Å². The van der Waals surface area contributed by atoms with Crippen LogP contribution < -0.4 is 10.6 Å². The maximum atomic E-state index is 13.1. The van der Waals surface area contributed by atoms with Gasteiger partial charge in [0.1, 0.15) is 5.82 Å². The highest BCUT2D eigenvalue weighted by Gasteiger charge is 2.14. The summed E-state index contributed by atoms with van der Waals surface area (Å²) in [6.07, 6.45) is 2.31. The zero-order valence-electron chi connectivity index (χ0n) is 10.6. The van der Waals surface area contributed by atoms with E-state index < -0.39 is 0 Å². The largest absolute Gasteiger partial charge is 0.352 e. The molecule has 1 amide bonds. The molecule has 0 aliphatic carbocycles. The Morgan fingerprint density at radius 1 is 1.56 bits per heavy atom. The predicted octanol–water partition coefficient (Wildman–Crippen LogP) is 1.86. The maximum absolute atomic E-state index is 13.1. The fraction of sp³-hybridized carbons (Fsp3) is 0.500. The Morgan fingerprint density at radius 2 is 2.39 bits per heavy atom. The van der Waals surface area contributed by atoms with Crippen LogP contribution in [-0.4, -0.2) is 25.5 Å². The number of benzene rings is 1. The van der Waals surface area contributed by atoms with Gasteiger partial charge in [0.05, 0.1) is 0 Å². The first-order valence-electron chi connectivity index (χ1n) is 6.42. The molecule has 1 atom stereocenters. The van der Waals surface area contributed by atoms with E-state index in [4.69, 9.17) is 0 Å². The predicted molar refractivity (Wildman–Crippen MR) is 69.1 cm³/mol. The van der Waals surface area contributed by atoms with Crippen LogP contribution >= 0.6 is 0 Å². The third-order valence-corrected chi connectivity index (χ3v) is 3.37. The van der Waals surface area contributed by atoms with E-state index in [2.05, 4.69) is 10.6 Å². The molecule has 1 heterocycles. The van der Waals surface area contributed by atoms with Gasteiger partial charge in [0, 0.05) is 12.1 Å². The monoisotopic (exact) mass is 250 g/mol. The zero-order chi connectivity index (χ0) is 13.0. The van der Waals surface area contributed by atoms with E-state index in [1.807, 2.05) is 0 Å². The van der Waals surface area contributed by atoms with Crippen LogP contribution in [0.1, 0.15) is 28.8 Å². The number of hydrogen-bond acceptors (Lipinski definition) is 2. The molecule has 1 aromatic carbocycles. The first-order valence-corrected chi connectivity index (χ1v) is 6.42. The number of piperidine rings is 1. The van der Waals surface area contributed by atoms with Crippen LogP contribution in [0.2, 0.25) is 0 Å². The fourth-order valence-corrected chi connectivity index (χ4v) is 2.22. The molecule has 1 saturated heterocycles. The van der Waals surface area contributed by atoms with Crippen molar-refractivity contribution in [1.82, 2.24) is 10.6 Å². The molecule has 0 spiro atoms. The van der Waals surface area contributed by atoms with E-state index in [-0.39, 0.29) is 11.7 Å². The number of carbonyl (C=O) groups excluding carboxylic acids is 1. The second kappa shape index (κ2) is 5.96. The number of carbonyl (C=O) groups is 1. The minimum atomic E-state index is -0.275. The Bertz CT molecular complexity index is 428. The smallest absolute Gasteiger partial charge is 0.251 e. The topological polar surface area (TPSA) is 41.1 Å². The van der Waals surface area contributed by atoms with Crippen molar-refractivity contribution < 1.29 is 9.18 Å². The van der Waals surface area contributed by atoms with Crippen molar-refractivity contribution in [3.63, 3.8) is 0 Å². The quantitative estimate of drug-likeness (QED) is 0.859. The third kappa shape index (κ3) is 3.29. The van der Waals surface area contributed by atoms with E-state index in [1.165, 1.54) is 12.1 Å². The second-order valence-electron chi connectivity index (χ2n) is 4.89. The van der Waals surface area contributed by atoms with Crippen molar-refractivity contribution in [2.45, 2.75) is 19.8 Å². The molecular weight excluding hydrogens is 231 g/mol. The Kier molecular flexibility index (Phi) is 4.31. The molecule has 0 aromatic heterocycles. The summed E-state index contributed by atoms with van der Waals surface area (Å²) in [5, 5.41) is 6.23. The van der Waals surface area contributed by atoms with Crippen molar-refractivity contribution in [1.29, 1.82) is 0 Å². The molecule has 1 aliphatic heterocycles. The van der Waals surface area contributed by atoms with Crippen molar-refractivity contribution in [3.05, 3.63) is 35.1 Å². The standard InChI is InChI=1S/C14H19FN2O/c1-10-7-12(4-5-13(10)15)14(18)17-9-11-3-2-6-16-8-11/h4-5,7,11,16H,2-3,6,8-9H2,1H3,(H,17,18). The molecule has 0 bridgehead atoms. The second-order valence-corrected chi connectivity index (χ2v) is 4.89. The number of amides is 1. The van der Waals surface area contributed by atoms with Crippen LogP contribution in [0.4, 0.5) is 4.39 Å². The molecule has 98 valence electrons. The lowest BCUT2D eigenvalue weighted by molar-refractivity contribution is 0.0944. The highest BCUT2D eigenvalue weighted by atomic mass is 19.1. The Balaban J connectivity index is 1.88. The molecule has 1 unspecified atom stereocenters. The summed E-state index contributed by atoms with van der Waals surface area (Å²) in [4.78, 5) is 11.9. The average Bonchev–Trinajstić information content (AvgIpc) is 2.40. The van der Waals surface area contributed by atoms with Crippen molar-refractivity contribution in [3.8, 4) is 0 Å². The Hall–Kier alpha value is -1.42. The highest BCUT2D eigenvalue weighted by Crippen LogP contribution is 2.11. The number of rotatable bonds is 3. The van der Waals surface area contributed by atoms with Gasteiger partial charge < -0.3 is 10.6 Å².